The van der Waals surface area contributed by atoms with Gasteiger partial charge in [-0.15, -0.1) is 0 Å². The minimum atomic E-state index is 0.630. The van der Waals surface area contributed by atoms with E-state index in [4.69, 9.17) is 0 Å². The molecule has 3 aliphatic rings. The second-order valence-corrected chi connectivity index (χ2v) is 5.13. The molecule has 1 nitrogen and oxygen atoms in total. The van der Waals surface area contributed by atoms with Crippen LogP contribution in [0.4, 0.5) is 0 Å². The van der Waals surface area contributed by atoms with Gasteiger partial charge in [-0.1, -0.05) is 6.92 Å². The second-order valence-electron chi connectivity index (χ2n) is 5.13. The van der Waals surface area contributed by atoms with E-state index in [2.05, 4.69) is 18.9 Å². The highest BCUT2D eigenvalue weighted by Crippen LogP contribution is 2.46. The fourth-order valence-electron chi connectivity index (χ4n) is 3.37. The Kier molecular flexibility index (Phi) is 2.64. The summed E-state index contributed by atoms with van der Waals surface area (Å²) in [5.74, 6) is 1.09. The highest BCUT2D eigenvalue weighted by atomic mass is 15.2. The molecule has 0 atom stereocenters. The van der Waals surface area contributed by atoms with Gasteiger partial charge in [-0.2, -0.15) is 0 Å². The molecule has 0 unspecified atom stereocenters. The summed E-state index contributed by atoms with van der Waals surface area (Å²) < 4.78 is 0. The van der Waals surface area contributed by atoms with Crippen molar-refractivity contribution in [3.63, 3.8) is 0 Å². The van der Waals surface area contributed by atoms with Gasteiger partial charge in [0.2, 0.25) is 0 Å². The standard InChI is InChI=1S/C12H23N/c1-3-10-13(2)12-7-4-11(5-8-12)6-9-12/h11H,3-10H2,1-2H3. The van der Waals surface area contributed by atoms with Gasteiger partial charge in [0.05, 0.1) is 0 Å². The van der Waals surface area contributed by atoms with Crippen LogP contribution in [0.15, 0.2) is 0 Å². The summed E-state index contributed by atoms with van der Waals surface area (Å²) in [4.78, 5) is 2.66. The van der Waals surface area contributed by atoms with E-state index in [0.717, 1.165) is 5.92 Å². The van der Waals surface area contributed by atoms with Crippen molar-refractivity contribution in [2.75, 3.05) is 13.6 Å². The first-order chi connectivity index (χ1) is 6.27. The summed E-state index contributed by atoms with van der Waals surface area (Å²) in [7, 11) is 2.34. The van der Waals surface area contributed by atoms with Crippen LogP contribution in [0.3, 0.4) is 0 Å². The van der Waals surface area contributed by atoms with Gasteiger partial charge in [-0.05, 0) is 64.5 Å². The first-order valence-corrected chi connectivity index (χ1v) is 5.98. The maximum absolute atomic E-state index is 2.66. The third kappa shape index (κ3) is 1.63. The average Bonchev–Trinajstić information content (AvgIpc) is 2.21. The third-order valence-electron chi connectivity index (χ3n) is 4.42. The zero-order valence-electron chi connectivity index (χ0n) is 9.18. The molecule has 0 spiro atoms. The van der Waals surface area contributed by atoms with Crippen LogP contribution < -0.4 is 0 Å². The molecule has 3 rings (SSSR count). The van der Waals surface area contributed by atoms with E-state index in [0.29, 0.717) is 5.54 Å². The Morgan fingerprint density at radius 1 is 1.15 bits per heavy atom. The molecule has 3 fully saturated rings. The normalized spacial score (nSPS) is 38.5. The Bertz CT molecular complexity index is 154. The van der Waals surface area contributed by atoms with Crippen LogP contribution in [-0.2, 0) is 0 Å². The molecule has 76 valence electrons. The molecular formula is C12H23N. The smallest absolute Gasteiger partial charge is 0.0206 e. The first kappa shape index (κ1) is 9.51. The monoisotopic (exact) mass is 181 g/mol. The molecular weight excluding hydrogens is 158 g/mol. The number of fused-ring (bicyclic) bond motifs is 3. The van der Waals surface area contributed by atoms with Gasteiger partial charge in [0, 0.05) is 5.54 Å². The van der Waals surface area contributed by atoms with Crippen molar-refractivity contribution in [3.05, 3.63) is 0 Å². The topological polar surface area (TPSA) is 3.24 Å². The summed E-state index contributed by atoms with van der Waals surface area (Å²) >= 11 is 0. The Balaban J connectivity index is 2.01. The molecule has 0 aromatic carbocycles. The minimum Gasteiger partial charge on any atom is -0.301 e. The molecule has 0 heterocycles. The lowest BCUT2D eigenvalue weighted by atomic mass is 9.65. The highest BCUT2D eigenvalue weighted by Gasteiger charge is 2.42. The molecule has 13 heavy (non-hydrogen) atoms. The predicted molar refractivity (Wildman–Crippen MR) is 56.8 cm³/mol. The van der Waals surface area contributed by atoms with E-state index >= 15 is 0 Å². The number of hydrogen-bond acceptors (Lipinski definition) is 1. The average molecular weight is 181 g/mol. The summed E-state index contributed by atoms with van der Waals surface area (Å²) in [6, 6.07) is 0. The van der Waals surface area contributed by atoms with E-state index in [-0.39, 0.29) is 0 Å². The fraction of sp³-hybridized carbons (Fsp3) is 1.00. The van der Waals surface area contributed by atoms with Gasteiger partial charge in [0.25, 0.3) is 0 Å². The number of nitrogens with zero attached hydrogens (tertiary/aromatic N) is 1. The van der Waals surface area contributed by atoms with Crippen molar-refractivity contribution in [1.29, 1.82) is 0 Å². The lowest BCUT2D eigenvalue weighted by Gasteiger charge is -2.51. The second kappa shape index (κ2) is 3.61. The molecule has 2 bridgehead atoms. The largest absolute Gasteiger partial charge is 0.301 e. The Labute approximate surface area is 82.5 Å². The van der Waals surface area contributed by atoms with E-state index in [9.17, 15) is 0 Å². The van der Waals surface area contributed by atoms with Crippen LogP contribution in [0.25, 0.3) is 0 Å². The quantitative estimate of drug-likeness (QED) is 0.647. The molecule has 0 aliphatic heterocycles. The Morgan fingerprint density at radius 3 is 2.15 bits per heavy atom. The van der Waals surface area contributed by atoms with Gasteiger partial charge >= 0.3 is 0 Å². The fourth-order valence-corrected chi connectivity index (χ4v) is 3.37. The van der Waals surface area contributed by atoms with Gasteiger partial charge in [0.1, 0.15) is 0 Å². The lowest BCUT2D eigenvalue weighted by molar-refractivity contribution is 0.00558. The van der Waals surface area contributed by atoms with Crippen molar-refractivity contribution in [2.24, 2.45) is 5.92 Å². The van der Waals surface area contributed by atoms with Gasteiger partial charge in [0.15, 0.2) is 0 Å². The Hall–Kier alpha value is -0.0400. The summed E-state index contributed by atoms with van der Waals surface area (Å²) in [6.45, 7) is 3.59. The molecule has 3 aliphatic carbocycles. The van der Waals surface area contributed by atoms with E-state index in [1.165, 1.54) is 51.5 Å². The molecule has 3 saturated carbocycles. The lowest BCUT2D eigenvalue weighted by Crippen LogP contribution is -2.52. The van der Waals surface area contributed by atoms with E-state index in [1.54, 1.807) is 0 Å². The molecule has 0 saturated heterocycles. The van der Waals surface area contributed by atoms with Gasteiger partial charge in [-0.25, -0.2) is 0 Å². The Morgan fingerprint density at radius 2 is 1.69 bits per heavy atom. The van der Waals surface area contributed by atoms with Crippen LogP contribution in [0.1, 0.15) is 51.9 Å². The SMILES string of the molecule is CCCN(C)C12CCC(CC1)CC2. The van der Waals surface area contributed by atoms with Crippen molar-refractivity contribution in [3.8, 4) is 0 Å². The summed E-state index contributed by atoms with van der Waals surface area (Å²) in [6.07, 6.45) is 10.3. The van der Waals surface area contributed by atoms with E-state index < -0.39 is 0 Å². The molecule has 0 N–H and O–H groups in total. The number of rotatable bonds is 3. The van der Waals surface area contributed by atoms with Gasteiger partial charge < -0.3 is 4.90 Å². The number of hydrogen-bond donors (Lipinski definition) is 0. The highest BCUT2D eigenvalue weighted by molar-refractivity contribution is 4.98. The van der Waals surface area contributed by atoms with Crippen molar-refractivity contribution in [1.82, 2.24) is 4.90 Å². The van der Waals surface area contributed by atoms with Crippen molar-refractivity contribution < 1.29 is 0 Å². The summed E-state index contributed by atoms with van der Waals surface area (Å²) in [5.41, 5.74) is 0.630. The van der Waals surface area contributed by atoms with Crippen LogP contribution in [-0.4, -0.2) is 24.0 Å². The maximum Gasteiger partial charge on any atom is 0.0206 e. The van der Waals surface area contributed by atoms with E-state index in [1.807, 2.05) is 0 Å². The molecule has 0 amide bonds. The first-order valence-electron chi connectivity index (χ1n) is 5.98. The van der Waals surface area contributed by atoms with Gasteiger partial charge in [-0.3, -0.25) is 0 Å². The third-order valence-corrected chi connectivity index (χ3v) is 4.42. The molecule has 0 aromatic rings. The molecule has 1 heteroatoms. The van der Waals surface area contributed by atoms with Crippen molar-refractivity contribution in [2.45, 2.75) is 57.4 Å². The van der Waals surface area contributed by atoms with Crippen molar-refractivity contribution >= 4 is 0 Å². The molecule has 0 radical (unpaired) electrons. The van der Waals surface area contributed by atoms with Crippen LogP contribution in [0.2, 0.25) is 0 Å². The van der Waals surface area contributed by atoms with Crippen LogP contribution in [0.5, 0.6) is 0 Å². The van der Waals surface area contributed by atoms with Crippen LogP contribution >= 0.6 is 0 Å². The summed E-state index contributed by atoms with van der Waals surface area (Å²) in [5, 5.41) is 0. The van der Waals surface area contributed by atoms with Crippen LogP contribution in [0, 0.1) is 5.92 Å². The molecule has 0 aromatic heterocycles. The zero-order valence-corrected chi connectivity index (χ0v) is 9.18. The maximum atomic E-state index is 2.66. The predicted octanol–water partition coefficient (Wildman–Crippen LogP) is 3.05. The zero-order chi connectivity index (χ0) is 9.31. The minimum absolute atomic E-state index is 0.630.